The van der Waals surface area contributed by atoms with Gasteiger partial charge < -0.3 is 56.0 Å². The monoisotopic (exact) mass is 969 g/mol. The van der Waals surface area contributed by atoms with Crippen molar-refractivity contribution in [1.29, 1.82) is 0 Å². The minimum Gasteiger partial charge on any atom is -0.484 e. The molecule has 2 rings (SSSR count). The molecule has 7 N–H and O–H groups in total. The molecule has 0 aliphatic carbocycles. The molecule has 69 heavy (non-hydrogen) atoms. The smallest absolute Gasteiger partial charge is 0.329 e. The molecule has 0 spiro atoms. The number of carbonyl (C=O) groups excluding carboxylic acids is 8. The summed E-state index contributed by atoms with van der Waals surface area (Å²) in [5.41, 5.74) is 3.62. The molecular weight excluding hydrogens is 893 g/mol. The van der Waals surface area contributed by atoms with Crippen molar-refractivity contribution in [2.45, 2.75) is 175 Å². The molecule has 0 unspecified atom stereocenters. The summed E-state index contributed by atoms with van der Waals surface area (Å²) in [6.45, 7) is 19.8. The summed E-state index contributed by atoms with van der Waals surface area (Å²) < 4.78 is 27.6. The van der Waals surface area contributed by atoms with Crippen LogP contribution in [-0.4, -0.2) is 114 Å². The SMILES string of the molecule is CC(C)(C)OC(=O)CC[C@H](NC(=O)N[C@@H](CCCCNC(=O)[C@H](Cc1ccccc1)NC(=O)COc1ccc(C[C@H](NC(=O)CN)C(=O)OC(C)(C)C)cc1)C(=O)OC(C)(C)C)C(=O)OC(C)(C)C. The summed E-state index contributed by atoms with van der Waals surface area (Å²) in [7, 11) is 0. The number of unbranched alkanes of at least 4 members (excludes halogenated alkanes) is 1. The number of nitrogens with two attached hydrogens (primary N) is 1. The fourth-order valence-electron chi connectivity index (χ4n) is 6.29. The second-order valence-corrected chi connectivity index (χ2v) is 20.5. The van der Waals surface area contributed by atoms with E-state index in [0.29, 0.717) is 24.2 Å². The lowest BCUT2D eigenvalue weighted by molar-refractivity contribution is -0.159. The van der Waals surface area contributed by atoms with Gasteiger partial charge >= 0.3 is 29.9 Å². The van der Waals surface area contributed by atoms with Crippen molar-refractivity contribution < 1.29 is 62.0 Å². The average molecular weight is 969 g/mol. The molecule has 0 aromatic heterocycles. The van der Waals surface area contributed by atoms with E-state index >= 15 is 0 Å². The predicted molar refractivity (Wildman–Crippen MR) is 257 cm³/mol. The van der Waals surface area contributed by atoms with E-state index in [4.69, 9.17) is 29.4 Å². The van der Waals surface area contributed by atoms with E-state index in [-0.39, 0.29) is 45.2 Å². The van der Waals surface area contributed by atoms with Crippen molar-refractivity contribution in [3.8, 4) is 5.75 Å². The first-order valence-corrected chi connectivity index (χ1v) is 23.2. The molecule has 5 amide bonds. The highest BCUT2D eigenvalue weighted by Gasteiger charge is 2.32. The zero-order chi connectivity index (χ0) is 52.2. The van der Waals surface area contributed by atoms with Gasteiger partial charge in [0.1, 0.15) is 52.3 Å². The maximum atomic E-state index is 13.6. The van der Waals surface area contributed by atoms with Gasteiger partial charge in [0, 0.05) is 25.8 Å². The highest BCUT2D eigenvalue weighted by molar-refractivity contribution is 5.89. The van der Waals surface area contributed by atoms with Crippen molar-refractivity contribution in [2.24, 2.45) is 5.73 Å². The van der Waals surface area contributed by atoms with Crippen LogP contribution in [0, 0.1) is 0 Å². The van der Waals surface area contributed by atoms with Crippen LogP contribution in [0.3, 0.4) is 0 Å². The number of nitrogens with one attached hydrogen (secondary N) is 5. The lowest BCUT2D eigenvalue weighted by atomic mass is 10.0. The molecule has 0 heterocycles. The number of carbonyl (C=O) groups is 8. The van der Waals surface area contributed by atoms with Crippen LogP contribution in [0.2, 0.25) is 0 Å². The van der Waals surface area contributed by atoms with Crippen LogP contribution in [0.1, 0.15) is 126 Å². The molecule has 2 aromatic carbocycles. The summed E-state index contributed by atoms with van der Waals surface area (Å²) >= 11 is 0. The minimum absolute atomic E-state index is 0.102. The Morgan fingerprint density at radius 3 is 1.49 bits per heavy atom. The molecule has 0 radical (unpaired) electrons. The first kappa shape index (κ1) is 58.9. The quantitative estimate of drug-likeness (QED) is 0.0488. The second-order valence-electron chi connectivity index (χ2n) is 20.5. The second kappa shape index (κ2) is 27.1. The fraction of sp³-hybridized carbons (Fsp3) is 0.600. The normalized spacial score (nSPS) is 13.5. The van der Waals surface area contributed by atoms with Crippen LogP contribution in [0.15, 0.2) is 54.6 Å². The van der Waals surface area contributed by atoms with Gasteiger partial charge in [-0.25, -0.2) is 19.2 Å². The summed E-state index contributed by atoms with van der Waals surface area (Å²) in [6, 6.07) is 10.5. The number of esters is 4. The topological polar surface area (TPSA) is 269 Å². The molecule has 0 aliphatic heterocycles. The highest BCUT2D eigenvalue weighted by atomic mass is 16.6. The Balaban J connectivity index is 2.08. The summed E-state index contributed by atoms with van der Waals surface area (Å²) in [4.78, 5) is 104. The minimum atomic E-state index is -1.25. The van der Waals surface area contributed by atoms with Gasteiger partial charge in [0.2, 0.25) is 11.8 Å². The number of ether oxygens (including phenoxy) is 5. The summed E-state index contributed by atoms with van der Waals surface area (Å²) in [5, 5.41) is 13.3. The number of benzene rings is 2. The van der Waals surface area contributed by atoms with Gasteiger partial charge in [0.05, 0.1) is 6.54 Å². The third-order valence-electron chi connectivity index (χ3n) is 9.15. The molecule has 384 valence electrons. The lowest BCUT2D eigenvalue weighted by Gasteiger charge is -2.27. The van der Waals surface area contributed by atoms with Crippen molar-refractivity contribution in [1.82, 2.24) is 26.6 Å². The van der Waals surface area contributed by atoms with Crippen LogP contribution in [0.5, 0.6) is 5.75 Å². The summed E-state index contributed by atoms with van der Waals surface area (Å²) in [6.07, 6.45) is 0.788. The van der Waals surface area contributed by atoms with Crippen LogP contribution >= 0.6 is 0 Å². The Kier molecular flexibility index (Phi) is 23.1. The maximum absolute atomic E-state index is 13.6. The zero-order valence-corrected chi connectivity index (χ0v) is 42.5. The Morgan fingerprint density at radius 1 is 0.522 bits per heavy atom. The van der Waals surface area contributed by atoms with Crippen molar-refractivity contribution in [3.63, 3.8) is 0 Å². The van der Waals surface area contributed by atoms with E-state index in [1.165, 1.54) is 0 Å². The lowest BCUT2D eigenvalue weighted by Crippen LogP contribution is -2.53. The van der Waals surface area contributed by atoms with Gasteiger partial charge in [-0.05, 0) is 132 Å². The van der Waals surface area contributed by atoms with Gasteiger partial charge in [0.15, 0.2) is 6.61 Å². The Morgan fingerprint density at radius 2 is 0.986 bits per heavy atom. The van der Waals surface area contributed by atoms with Gasteiger partial charge in [-0.2, -0.15) is 0 Å². The largest absolute Gasteiger partial charge is 0.484 e. The molecule has 0 fully saturated rings. The van der Waals surface area contributed by atoms with Gasteiger partial charge in [-0.15, -0.1) is 0 Å². The van der Waals surface area contributed by atoms with Gasteiger partial charge in [-0.1, -0.05) is 42.5 Å². The number of rotatable bonds is 24. The zero-order valence-electron chi connectivity index (χ0n) is 42.5. The Hall–Kier alpha value is -6.24. The van der Waals surface area contributed by atoms with Crippen molar-refractivity contribution >= 4 is 47.6 Å². The third kappa shape index (κ3) is 26.2. The molecule has 0 saturated heterocycles. The van der Waals surface area contributed by atoms with E-state index in [0.717, 1.165) is 5.56 Å². The number of urea groups is 1. The molecule has 0 aliphatic rings. The number of amides is 5. The van der Waals surface area contributed by atoms with E-state index in [9.17, 15) is 38.4 Å². The first-order chi connectivity index (χ1) is 31.9. The van der Waals surface area contributed by atoms with Crippen LogP contribution < -0.4 is 37.1 Å². The van der Waals surface area contributed by atoms with Crippen LogP contribution in [0.4, 0.5) is 4.79 Å². The van der Waals surface area contributed by atoms with E-state index < -0.39 is 101 Å². The number of hydrogen-bond acceptors (Lipinski definition) is 14. The van der Waals surface area contributed by atoms with E-state index in [1.54, 1.807) is 107 Å². The molecule has 2 aromatic rings. The van der Waals surface area contributed by atoms with Crippen LogP contribution in [-0.2, 0) is 65.4 Å². The third-order valence-corrected chi connectivity index (χ3v) is 9.15. The van der Waals surface area contributed by atoms with E-state index in [2.05, 4.69) is 26.6 Å². The van der Waals surface area contributed by atoms with Crippen molar-refractivity contribution in [2.75, 3.05) is 19.7 Å². The molecule has 0 saturated carbocycles. The predicted octanol–water partition coefficient (Wildman–Crippen LogP) is 4.25. The maximum Gasteiger partial charge on any atom is 0.329 e. The number of hydrogen-bond donors (Lipinski definition) is 6. The Bertz CT molecular complexity index is 2020. The highest BCUT2D eigenvalue weighted by Crippen LogP contribution is 2.18. The summed E-state index contributed by atoms with van der Waals surface area (Å²) in [5.74, 6) is -3.86. The van der Waals surface area contributed by atoms with Crippen molar-refractivity contribution in [3.05, 3.63) is 65.7 Å². The van der Waals surface area contributed by atoms with E-state index in [1.807, 2.05) is 30.3 Å². The first-order valence-electron chi connectivity index (χ1n) is 23.2. The van der Waals surface area contributed by atoms with Gasteiger partial charge in [-0.3, -0.25) is 19.2 Å². The Labute approximate surface area is 406 Å². The van der Waals surface area contributed by atoms with Crippen LogP contribution in [0.25, 0.3) is 0 Å². The molecule has 19 heteroatoms. The standard InChI is InChI=1S/C50H76N6O13/c1-47(2,3)66-41(59)26-25-36(44(62)68-49(7,8)9)56-46(64)55-35(43(61)67-48(4,5)6)20-16-17-27-52-42(60)37(28-32-18-14-13-15-19-32)53-40(58)31-65-34-23-21-33(22-24-34)29-38(54-39(57)30-51)45(63)69-50(10,11)12/h13-15,18-19,21-24,35-38H,16-17,20,25-31,51H2,1-12H3,(H,52,60)(H,53,58)(H,54,57)(H2,55,56,64)/t35-,36-,37-,38-/m0/s1. The molecule has 0 bridgehead atoms. The molecule has 19 nitrogen and oxygen atoms in total. The van der Waals surface area contributed by atoms with Gasteiger partial charge in [0.25, 0.3) is 5.91 Å². The molecule has 4 atom stereocenters. The molecular formula is C50H76N6O13. The average Bonchev–Trinajstić information content (AvgIpc) is 3.21. The fourth-order valence-corrected chi connectivity index (χ4v) is 6.29.